The Hall–Kier alpha value is -1.88. The van der Waals surface area contributed by atoms with Crippen LogP contribution in [0.25, 0.3) is 0 Å². The van der Waals surface area contributed by atoms with E-state index in [1.54, 1.807) is 24.3 Å². The predicted octanol–water partition coefficient (Wildman–Crippen LogP) is 2.68. The van der Waals surface area contributed by atoms with Gasteiger partial charge in [-0.25, -0.2) is 0 Å². The van der Waals surface area contributed by atoms with Crippen molar-refractivity contribution in [3.63, 3.8) is 0 Å². The third-order valence-electron chi connectivity index (χ3n) is 4.21. The molecule has 0 atom stereocenters. The molecule has 0 bridgehead atoms. The van der Waals surface area contributed by atoms with Crippen LogP contribution < -0.4 is 15.8 Å². The maximum atomic E-state index is 12.0. The molecule has 1 amide bonds. The van der Waals surface area contributed by atoms with Crippen molar-refractivity contribution in [2.24, 2.45) is 5.73 Å². The molecule has 5 nitrogen and oxygen atoms in total. The van der Waals surface area contributed by atoms with E-state index in [9.17, 15) is 9.59 Å². The molecule has 0 radical (unpaired) electrons. The molecule has 0 heterocycles. The minimum absolute atomic E-state index is 0.000219. The molecule has 0 aliphatic rings. The Bertz CT molecular complexity index is 516. The molecule has 0 unspecified atom stereocenters. The molecule has 0 aliphatic carbocycles. The monoisotopic (exact) mass is 320 g/mol. The lowest BCUT2D eigenvalue weighted by atomic mass is 9.92. The van der Waals surface area contributed by atoms with E-state index in [1.807, 2.05) is 13.8 Å². The number of nitrogens with one attached hydrogen (secondary N) is 1. The summed E-state index contributed by atoms with van der Waals surface area (Å²) >= 11 is 0. The van der Waals surface area contributed by atoms with Gasteiger partial charge in [-0.1, -0.05) is 26.0 Å². The number of nitrogens with two attached hydrogens (primary N) is 1. The van der Waals surface area contributed by atoms with Crippen LogP contribution in [-0.2, 0) is 4.79 Å². The minimum Gasteiger partial charge on any atom is -0.494 e. The average molecular weight is 320 g/mol. The molecule has 128 valence electrons. The number of carbonyl (C=O) groups excluding carboxylic acids is 2. The molecule has 5 heteroatoms. The molecule has 1 aromatic rings. The number of ether oxygens (including phenoxy) is 1. The maximum absolute atomic E-state index is 12.0. The molecular weight excluding hydrogens is 292 g/mol. The lowest BCUT2D eigenvalue weighted by Crippen LogP contribution is -2.52. The summed E-state index contributed by atoms with van der Waals surface area (Å²) in [6, 6.07) is 7.07. The molecule has 1 aromatic carbocycles. The molecule has 1 rings (SSSR count). The van der Waals surface area contributed by atoms with E-state index in [-0.39, 0.29) is 17.2 Å². The fourth-order valence-electron chi connectivity index (χ4n) is 2.35. The number of amides is 1. The van der Waals surface area contributed by atoms with Crippen molar-refractivity contribution in [2.75, 3.05) is 13.2 Å². The second-order valence-corrected chi connectivity index (χ2v) is 5.78. The summed E-state index contributed by atoms with van der Waals surface area (Å²) in [5.74, 6) is 0.656. The van der Waals surface area contributed by atoms with Gasteiger partial charge in [0.2, 0.25) is 5.91 Å². The van der Waals surface area contributed by atoms with Crippen LogP contribution in [0.3, 0.4) is 0 Å². The van der Waals surface area contributed by atoms with Crippen LogP contribution >= 0.6 is 0 Å². The number of rotatable bonds is 10. The summed E-state index contributed by atoms with van der Waals surface area (Å²) in [6.45, 7) is 6.46. The number of hydrogen-bond donors (Lipinski definition) is 2. The Kier molecular flexibility index (Phi) is 7.75. The topological polar surface area (TPSA) is 81.4 Å². The van der Waals surface area contributed by atoms with Crippen LogP contribution in [0, 0.1) is 0 Å². The summed E-state index contributed by atoms with van der Waals surface area (Å²) in [4.78, 5) is 23.3. The molecule has 3 N–H and O–H groups in total. The van der Waals surface area contributed by atoms with Crippen LogP contribution in [0.15, 0.2) is 24.3 Å². The van der Waals surface area contributed by atoms with Crippen molar-refractivity contribution < 1.29 is 14.3 Å². The highest BCUT2D eigenvalue weighted by Gasteiger charge is 2.25. The molecule has 0 saturated heterocycles. The largest absolute Gasteiger partial charge is 0.494 e. The summed E-state index contributed by atoms with van der Waals surface area (Å²) in [5.41, 5.74) is 6.11. The molecule has 0 aromatic heterocycles. The fraction of sp³-hybridized carbons (Fsp3) is 0.556. The summed E-state index contributed by atoms with van der Waals surface area (Å²) in [6.07, 6.45) is 2.65. The number of benzene rings is 1. The van der Waals surface area contributed by atoms with Crippen molar-refractivity contribution in [3.8, 4) is 5.75 Å². The van der Waals surface area contributed by atoms with Crippen LogP contribution in [0.2, 0.25) is 0 Å². The van der Waals surface area contributed by atoms with E-state index in [0.717, 1.165) is 12.8 Å². The molecule has 0 spiro atoms. The first-order valence-corrected chi connectivity index (χ1v) is 8.21. The molecular formula is C18H28N2O3. The van der Waals surface area contributed by atoms with Gasteiger partial charge in [-0.15, -0.1) is 0 Å². The van der Waals surface area contributed by atoms with Gasteiger partial charge in [0, 0.05) is 18.5 Å². The lowest BCUT2D eigenvalue weighted by Gasteiger charge is -2.31. The van der Waals surface area contributed by atoms with Gasteiger partial charge in [0.25, 0.3) is 0 Å². The van der Waals surface area contributed by atoms with Gasteiger partial charge < -0.3 is 15.8 Å². The van der Waals surface area contributed by atoms with E-state index in [2.05, 4.69) is 5.32 Å². The van der Waals surface area contributed by atoms with Crippen molar-refractivity contribution in [2.45, 2.75) is 52.0 Å². The van der Waals surface area contributed by atoms with Gasteiger partial charge >= 0.3 is 0 Å². The Morgan fingerprint density at radius 2 is 1.96 bits per heavy atom. The summed E-state index contributed by atoms with van der Waals surface area (Å²) < 4.78 is 5.60. The van der Waals surface area contributed by atoms with E-state index < -0.39 is 0 Å². The number of hydrogen-bond acceptors (Lipinski definition) is 4. The minimum atomic E-state index is -0.298. The quantitative estimate of drug-likeness (QED) is 0.513. The van der Waals surface area contributed by atoms with Gasteiger partial charge in [0.05, 0.1) is 12.1 Å². The lowest BCUT2D eigenvalue weighted by molar-refractivity contribution is -0.123. The van der Waals surface area contributed by atoms with E-state index in [1.165, 1.54) is 6.92 Å². The third-order valence-corrected chi connectivity index (χ3v) is 4.21. The molecule has 0 aliphatic heterocycles. The first-order chi connectivity index (χ1) is 11.0. The zero-order valence-corrected chi connectivity index (χ0v) is 14.4. The van der Waals surface area contributed by atoms with Gasteiger partial charge in [-0.05, 0) is 38.3 Å². The smallest absolute Gasteiger partial charge is 0.220 e. The number of ketones is 1. The summed E-state index contributed by atoms with van der Waals surface area (Å²) in [7, 11) is 0. The number of Topliss-reactive ketones (excluding diaryl/α,β-unsaturated/α-hetero) is 1. The molecule has 0 saturated carbocycles. The Balaban J connectivity index is 2.38. The SMILES string of the molecule is CCC(CC)(CN)NC(=O)CCCOc1cccc(C(C)=O)c1. The standard InChI is InChI=1S/C18H28N2O3/c1-4-18(5-2,13-19)20-17(22)10-7-11-23-16-9-6-8-15(12-16)14(3)21/h6,8-9,12H,4-5,7,10-11,13,19H2,1-3H3,(H,20,22). The van der Waals surface area contributed by atoms with Crippen LogP contribution in [-0.4, -0.2) is 30.4 Å². The Morgan fingerprint density at radius 1 is 1.26 bits per heavy atom. The van der Waals surface area contributed by atoms with Crippen molar-refractivity contribution in [1.82, 2.24) is 5.32 Å². The Morgan fingerprint density at radius 3 is 2.52 bits per heavy atom. The van der Waals surface area contributed by atoms with Crippen molar-refractivity contribution in [1.29, 1.82) is 0 Å². The highest BCUT2D eigenvalue weighted by atomic mass is 16.5. The van der Waals surface area contributed by atoms with Gasteiger partial charge in [-0.2, -0.15) is 0 Å². The van der Waals surface area contributed by atoms with Crippen LogP contribution in [0.1, 0.15) is 56.8 Å². The molecule has 23 heavy (non-hydrogen) atoms. The fourth-order valence-corrected chi connectivity index (χ4v) is 2.35. The van der Waals surface area contributed by atoms with Crippen molar-refractivity contribution in [3.05, 3.63) is 29.8 Å². The van der Waals surface area contributed by atoms with Gasteiger partial charge in [0.15, 0.2) is 5.78 Å². The van der Waals surface area contributed by atoms with Gasteiger partial charge in [-0.3, -0.25) is 9.59 Å². The first kappa shape index (κ1) is 19.2. The van der Waals surface area contributed by atoms with Crippen LogP contribution in [0.4, 0.5) is 0 Å². The summed E-state index contributed by atoms with van der Waals surface area (Å²) in [5, 5.41) is 3.04. The third kappa shape index (κ3) is 6.02. The number of carbonyl (C=O) groups is 2. The van der Waals surface area contributed by atoms with Crippen molar-refractivity contribution >= 4 is 11.7 Å². The zero-order chi connectivity index (χ0) is 17.3. The van der Waals surface area contributed by atoms with E-state index in [4.69, 9.17) is 10.5 Å². The van der Waals surface area contributed by atoms with E-state index >= 15 is 0 Å². The van der Waals surface area contributed by atoms with Crippen LogP contribution in [0.5, 0.6) is 5.75 Å². The highest BCUT2D eigenvalue weighted by molar-refractivity contribution is 5.94. The Labute approximate surface area is 138 Å². The zero-order valence-electron chi connectivity index (χ0n) is 14.4. The second kappa shape index (κ2) is 9.30. The average Bonchev–Trinajstić information content (AvgIpc) is 2.57. The normalized spacial score (nSPS) is 11.1. The maximum Gasteiger partial charge on any atom is 0.220 e. The first-order valence-electron chi connectivity index (χ1n) is 8.21. The van der Waals surface area contributed by atoms with E-state index in [0.29, 0.717) is 37.3 Å². The second-order valence-electron chi connectivity index (χ2n) is 5.78. The van der Waals surface area contributed by atoms with Gasteiger partial charge in [0.1, 0.15) is 5.75 Å². The predicted molar refractivity (Wildman–Crippen MR) is 91.7 cm³/mol. The highest BCUT2D eigenvalue weighted by Crippen LogP contribution is 2.15. The molecule has 0 fully saturated rings.